The molecule has 0 aromatic heterocycles. The number of anilines is 1. The van der Waals surface area contributed by atoms with Crippen molar-refractivity contribution in [3.63, 3.8) is 0 Å². The minimum Gasteiger partial charge on any atom is -0.482 e. The van der Waals surface area contributed by atoms with E-state index in [4.69, 9.17) is 9.47 Å². The molecule has 0 aliphatic rings. The minimum atomic E-state index is -1.98. The Bertz CT molecular complexity index is 890. The number of benzene rings is 1. The highest BCUT2D eigenvalue weighted by Crippen LogP contribution is 2.45. The van der Waals surface area contributed by atoms with E-state index in [-0.39, 0.29) is 40.5 Å². The summed E-state index contributed by atoms with van der Waals surface area (Å²) in [4.78, 5) is 34.4. The maximum absolute atomic E-state index is 11.9. The van der Waals surface area contributed by atoms with Crippen LogP contribution in [0.1, 0.15) is 6.92 Å². The number of aldehydes is 2. The summed E-state index contributed by atoms with van der Waals surface area (Å²) in [7, 11) is 0. The molecule has 0 fully saturated rings. The second-order valence-corrected chi connectivity index (χ2v) is 10.8. The third-order valence-electron chi connectivity index (χ3n) is 4.83. The van der Waals surface area contributed by atoms with Gasteiger partial charge in [0.1, 0.15) is 36.6 Å². The number of hydrogen-bond acceptors (Lipinski definition) is 13. The molecule has 1 aromatic rings. The van der Waals surface area contributed by atoms with Crippen molar-refractivity contribution in [2.75, 3.05) is 18.5 Å². The zero-order valence-corrected chi connectivity index (χ0v) is 25.4. The highest BCUT2D eigenvalue weighted by molar-refractivity contribution is 14.1. The molecular formula is C20H26I3NO13. The van der Waals surface area contributed by atoms with Gasteiger partial charge in [-0.25, -0.2) is 0 Å². The Morgan fingerprint density at radius 2 is 1.14 bits per heavy atom. The zero-order valence-electron chi connectivity index (χ0n) is 18.9. The first-order valence-electron chi connectivity index (χ1n) is 10.3. The van der Waals surface area contributed by atoms with Gasteiger partial charge in [-0.1, -0.05) is 0 Å². The van der Waals surface area contributed by atoms with Crippen LogP contribution in [0.4, 0.5) is 5.69 Å². The second-order valence-electron chi connectivity index (χ2n) is 7.56. The van der Waals surface area contributed by atoms with E-state index < -0.39 is 68.0 Å². The van der Waals surface area contributed by atoms with Gasteiger partial charge in [0.15, 0.2) is 36.3 Å². The largest absolute Gasteiger partial charge is 0.482 e. The lowest BCUT2D eigenvalue weighted by molar-refractivity contribution is -0.132. The van der Waals surface area contributed by atoms with Crippen molar-refractivity contribution in [1.29, 1.82) is 0 Å². The number of rotatable bonds is 15. The maximum Gasteiger partial charge on any atom is 0.221 e. The van der Waals surface area contributed by atoms with Crippen LogP contribution in [0.25, 0.3) is 0 Å². The number of halogens is 3. The molecule has 0 radical (unpaired) electrons. The van der Waals surface area contributed by atoms with Gasteiger partial charge in [-0.2, -0.15) is 0 Å². The molecule has 14 nitrogen and oxygen atoms in total. The molecule has 0 aliphatic heterocycles. The monoisotopic (exact) mass is 869 g/mol. The van der Waals surface area contributed by atoms with Crippen molar-refractivity contribution in [1.82, 2.24) is 0 Å². The summed E-state index contributed by atoms with van der Waals surface area (Å²) in [6.07, 6.45) is -15.1. The normalized spacial score (nSPS) is 17.9. The summed E-state index contributed by atoms with van der Waals surface area (Å²) in [5.74, 6) is -0.951. The Labute approximate surface area is 251 Å². The van der Waals surface area contributed by atoms with E-state index in [1.807, 2.05) is 0 Å². The smallest absolute Gasteiger partial charge is 0.221 e. The third kappa shape index (κ3) is 8.74. The lowest BCUT2D eigenvalue weighted by atomic mass is 10.0. The number of carbonyl (C=O) groups is 3. The molecule has 0 bridgehead atoms. The Morgan fingerprint density at radius 1 is 0.784 bits per heavy atom. The summed E-state index contributed by atoms with van der Waals surface area (Å²) in [5, 5.41) is 81.5. The fourth-order valence-electron chi connectivity index (χ4n) is 2.88. The molecule has 17 heteroatoms. The molecule has 8 atom stereocenters. The molecule has 0 saturated heterocycles. The summed E-state index contributed by atoms with van der Waals surface area (Å²) in [6, 6.07) is 0. The molecule has 1 rings (SSSR count). The molecule has 0 aliphatic carbocycles. The highest BCUT2D eigenvalue weighted by atomic mass is 127. The van der Waals surface area contributed by atoms with Crippen LogP contribution in [0.2, 0.25) is 0 Å². The summed E-state index contributed by atoms with van der Waals surface area (Å²) in [5.41, 5.74) is 0.0622. The van der Waals surface area contributed by atoms with E-state index in [0.29, 0.717) is 0 Å². The number of amides is 1. The first-order chi connectivity index (χ1) is 17.3. The SMILES string of the molecule is CC(=O)Nc1c(I)c(O[C@@H]([C@H](O)[C@H](O)CO)[C@@H](O)C=O)c(I)c(O[C@@H]([C@H](O)[C@H](O)CO)[C@@H](O)C=O)c1I. The lowest BCUT2D eigenvalue weighted by Crippen LogP contribution is -2.50. The fraction of sp³-hybridized carbons (Fsp3) is 0.550. The third-order valence-corrected chi connectivity index (χ3v) is 7.87. The Morgan fingerprint density at radius 3 is 1.41 bits per heavy atom. The van der Waals surface area contributed by atoms with E-state index in [1.165, 1.54) is 6.92 Å². The van der Waals surface area contributed by atoms with Gasteiger partial charge in [-0.3, -0.25) is 4.79 Å². The van der Waals surface area contributed by atoms with E-state index in [0.717, 1.165) is 0 Å². The quantitative estimate of drug-likeness (QED) is 0.0656. The van der Waals surface area contributed by atoms with E-state index >= 15 is 0 Å². The first-order valence-corrected chi connectivity index (χ1v) is 13.5. The fourth-order valence-corrected chi connectivity index (χ4v) is 6.82. The van der Waals surface area contributed by atoms with E-state index in [9.17, 15) is 55.2 Å². The lowest BCUT2D eigenvalue weighted by Gasteiger charge is -2.32. The summed E-state index contributed by atoms with van der Waals surface area (Å²) in [6.45, 7) is -0.684. The molecule has 0 spiro atoms. The molecule has 210 valence electrons. The summed E-state index contributed by atoms with van der Waals surface area (Å²) >= 11 is 5.18. The van der Waals surface area contributed by atoms with E-state index in [2.05, 4.69) is 5.32 Å². The van der Waals surface area contributed by atoms with Crippen molar-refractivity contribution in [2.45, 2.75) is 55.8 Å². The van der Waals surface area contributed by atoms with Gasteiger partial charge in [0.05, 0.1) is 29.6 Å². The van der Waals surface area contributed by atoms with Crippen molar-refractivity contribution in [2.24, 2.45) is 0 Å². The number of nitrogens with one attached hydrogen (secondary N) is 1. The number of carbonyl (C=O) groups excluding carboxylic acids is 3. The Hall–Kier alpha value is -0.500. The molecule has 1 amide bonds. The highest BCUT2D eigenvalue weighted by Gasteiger charge is 2.38. The van der Waals surface area contributed by atoms with Crippen LogP contribution < -0.4 is 14.8 Å². The van der Waals surface area contributed by atoms with Gasteiger partial charge >= 0.3 is 0 Å². The number of aliphatic hydroxyl groups is 8. The van der Waals surface area contributed by atoms with Crippen LogP contribution >= 0.6 is 67.8 Å². The summed E-state index contributed by atoms with van der Waals surface area (Å²) < 4.78 is 11.8. The molecule has 1 aromatic carbocycles. The van der Waals surface area contributed by atoms with Crippen LogP contribution in [0.15, 0.2) is 0 Å². The van der Waals surface area contributed by atoms with Crippen LogP contribution in [0.3, 0.4) is 0 Å². The standard InChI is InChI=1S/C20H26I3NO13/c1-6(29)24-14-11(21)19(36-17(9(32)4-27)15(34)7(30)2-25)13(23)20(12(14)22)37-18(10(33)5-28)16(35)8(31)3-26/h4-5,7-10,15-18,25-26,30-35H,2-3H2,1H3,(H,24,29)/t7-,8-,9+,10+,15-,16-,17-,18-/m1/s1. The van der Waals surface area contributed by atoms with Crippen LogP contribution in [-0.4, -0.2) is 121 Å². The van der Waals surface area contributed by atoms with Crippen LogP contribution in [-0.2, 0) is 14.4 Å². The average Bonchev–Trinajstić information content (AvgIpc) is 2.88. The Kier molecular flexibility index (Phi) is 14.9. The number of hydrogen-bond donors (Lipinski definition) is 9. The van der Waals surface area contributed by atoms with Crippen molar-refractivity contribution < 1.29 is 64.7 Å². The van der Waals surface area contributed by atoms with Gasteiger partial charge in [0, 0.05) is 6.92 Å². The molecular weight excluding hydrogens is 843 g/mol. The van der Waals surface area contributed by atoms with Gasteiger partial charge < -0.3 is 65.2 Å². The van der Waals surface area contributed by atoms with Gasteiger partial charge in [0.2, 0.25) is 5.91 Å². The zero-order chi connectivity index (χ0) is 28.6. The predicted octanol–water partition coefficient (Wildman–Crippen LogP) is -2.50. The maximum atomic E-state index is 11.9. The minimum absolute atomic E-state index is 0.0274. The van der Waals surface area contributed by atoms with Crippen molar-refractivity contribution in [3.8, 4) is 11.5 Å². The average molecular weight is 869 g/mol. The van der Waals surface area contributed by atoms with Crippen molar-refractivity contribution in [3.05, 3.63) is 10.7 Å². The number of aliphatic hydroxyl groups excluding tert-OH is 8. The molecule has 37 heavy (non-hydrogen) atoms. The Balaban J connectivity index is 3.81. The van der Waals surface area contributed by atoms with Crippen LogP contribution in [0, 0.1) is 10.7 Å². The van der Waals surface area contributed by atoms with Gasteiger partial charge in [-0.15, -0.1) is 0 Å². The second kappa shape index (κ2) is 15.9. The molecule has 0 unspecified atom stereocenters. The molecule has 0 heterocycles. The molecule has 9 N–H and O–H groups in total. The molecule has 0 saturated carbocycles. The number of ether oxygens (including phenoxy) is 2. The van der Waals surface area contributed by atoms with E-state index in [1.54, 1.807) is 67.8 Å². The van der Waals surface area contributed by atoms with Crippen molar-refractivity contribution >= 4 is 91.9 Å². The predicted molar refractivity (Wildman–Crippen MR) is 150 cm³/mol. The van der Waals surface area contributed by atoms with Gasteiger partial charge in [0.25, 0.3) is 0 Å². The topological polar surface area (TPSA) is 244 Å². The first kappa shape index (κ1) is 34.5. The van der Waals surface area contributed by atoms with Crippen LogP contribution in [0.5, 0.6) is 11.5 Å². The van der Waals surface area contributed by atoms with Gasteiger partial charge in [-0.05, 0) is 67.8 Å².